The summed E-state index contributed by atoms with van der Waals surface area (Å²) >= 11 is 0. The molecule has 0 aliphatic rings. The maximum Gasteiger partial charge on any atom is 0.194 e. The van der Waals surface area contributed by atoms with E-state index in [0.29, 0.717) is 13.2 Å². The van der Waals surface area contributed by atoms with Crippen molar-refractivity contribution < 1.29 is 14.6 Å². The second-order valence-corrected chi connectivity index (χ2v) is 6.52. The van der Waals surface area contributed by atoms with Crippen molar-refractivity contribution in [2.45, 2.75) is 26.2 Å². The molecule has 1 unspecified atom stereocenters. The number of aliphatic hydroxyl groups excluding tert-OH is 1. The molecule has 0 aromatic heterocycles. The lowest BCUT2D eigenvalue weighted by Crippen LogP contribution is -2.39. The third-order valence-corrected chi connectivity index (χ3v) is 4.17. The number of benzene rings is 2. The number of para-hydroxylation sites is 1. The highest BCUT2D eigenvalue weighted by atomic mass is 127. The van der Waals surface area contributed by atoms with E-state index in [2.05, 4.69) is 10.3 Å². The van der Waals surface area contributed by atoms with E-state index in [-0.39, 0.29) is 37.1 Å². The molecule has 2 aromatic carbocycles. The van der Waals surface area contributed by atoms with Crippen LogP contribution < -0.4 is 10.1 Å². The van der Waals surface area contributed by atoms with Gasteiger partial charge in [-0.3, -0.25) is 4.99 Å². The van der Waals surface area contributed by atoms with E-state index in [1.54, 1.807) is 7.11 Å². The second-order valence-electron chi connectivity index (χ2n) is 6.52. The molecular weight excluding hydrogens is 481 g/mol. The lowest BCUT2D eigenvalue weighted by molar-refractivity contribution is 0.0330. The first kappa shape index (κ1) is 25.2. The van der Waals surface area contributed by atoms with Crippen LogP contribution in [-0.4, -0.2) is 55.9 Å². The summed E-state index contributed by atoms with van der Waals surface area (Å²) in [6, 6.07) is 17.8. The Balaban J connectivity index is 0.00000420. The van der Waals surface area contributed by atoms with E-state index >= 15 is 0 Å². The van der Waals surface area contributed by atoms with Crippen molar-refractivity contribution in [3.63, 3.8) is 0 Å². The number of aliphatic hydroxyl groups is 1. The van der Waals surface area contributed by atoms with Gasteiger partial charge in [0.15, 0.2) is 5.96 Å². The van der Waals surface area contributed by atoms with Crippen LogP contribution in [0.1, 0.15) is 18.1 Å². The minimum Gasteiger partial charge on any atom is -0.496 e. The highest BCUT2D eigenvalue weighted by Gasteiger charge is 2.11. The third kappa shape index (κ3) is 9.01. The summed E-state index contributed by atoms with van der Waals surface area (Å²) in [5.74, 6) is 1.58. The molecule has 0 amide bonds. The molecule has 2 aromatic rings. The summed E-state index contributed by atoms with van der Waals surface area (Å²) in [4.78, 5) is 6.56. The van der Waals surface area contributed by atoms with Crippen molar-refractivity contribution in [2.24, 2.45) is 4.99 Å². The van der Waals surface area contributed by atoms with E-state index in [4.69, 9.17) is 9.47 Å². The molecule has 0 aliphatic carbocycles. The largest absolute Gasteiger partial charge is 0.496 e. The SMILES string of the molecule is CCNC(=NCC(O)COCc1ccccc1)N(C)Cc1ccccc1OC.I. The molecule has 0 heterocycles. The average molecular weight is 513 g/mol. The zero-order valence-electron chi connectivity index (χ0n) is 17.4. The van der Waals surface area contributed by atoms with Crippen molar-refractivity contribution >= 4 is 29.9 Å². The number of hydrogen-bond donors (Lipinski definition) is 2. The molecule has 1 atom stereocenters. The fraction of sp³-hybridized carbons (Fsp3) is 0.409. The van der Waals surface area contributed by atoms with Gasteiger partial charge in [-0.2, -0.15) is 0 Å². The minimum absolute atomic E-state index is 0. The molecule has 160 valence electrons. The van der Waals surface area contributed by atoms with Crippen LogP contribution in [0.25, 0.3) is 0 Å². The molecule has 0 saturated heterocycles. The summed E-state index contributed by atoms with van der Waals surface area (Å²) in [6.45, 7) is 4.41. The number of methoxy groups -OCH3 is 1. The van der Waals surface area contributed by atoms with E-state index in [1.807, 2.05) is 73.5 Å². The first-order valence-electron chi connectivity index (χ1n) is 9.55. The Labute approximate surface area is 191 Å². The molecule has 0 spiro atoms. The Bertz CT molecular complexity index is 728. The maximum absolute atomic E-state index is 10.2. The molecule has 0 saturated carbocycles. The van der Waals surface area contributed by atoms with Crippen molar-refractivity contribution in [3.8, 4) is 5.75 Å². The predicted molar refractivity (Wildman–Crippen MR) is 128 cm³/mol. The normalized spacial score (nSPS) is 12.1. The molecule has 2 rings (SSSR count). The van der Waals surface area contributed by atoms with Crippen LogP contribution in [0.15, 0.2) is 59.6 Å². The Morgan fingerprint density at radius 1 is 1.14 bits per heavy atom. The van der Waals surface area contributed by atoms with E-state index < -0.39 is 6.10 Å². The van der Waals surface area contributed by atoms with Gasteiger partial charge >= 0.3 is 0 Å². The number of ether oxygens (including phenoxy) is 2. The van der Waals surface area contributed by atoms with Crippen LogP contribution in [0.2, 0.25) is 0 Å². The summed E-state index contributed by atoms with van der Waals surface area (Å²) in [6.07, 6.45) is -0.656. The molecule has 2 N–H and O–H groups in total. The van der Waals surface area contributed by atoms with Gasteiger partial charge in [0.2, 0.25) is 0 Å². The Morgan fingerprint density at radius 2 is 1.83 bits per heavy atom. The number of halogens is 1. The van der Waals surface area contributed by atoms with E-state index in [0.717, 1.165) is 29.4 Å². The van der Waals surface area contributed by atoms with Gasteiger partial charge in [0.05, 0.1) is 33.0 Å². The van der Waals surface area contributed by atoms with Gasteiger partial charge in [-0.15, -0.1) is 24.0 Å². The Kier molecular flexibility index (Phi) is 12.3. The zero-order chi connectivity index (χ0) is 20.2. The zero-order valence-corrected chi connectivity index (χ0v) is 19.7. The fourth-order valence-electron chi connectivity index (χ4n) is 2.77. The molecule has 29 heavy (non-hydrogen) atoms. The van der Waals surface area contributed by atoms with Crippen molar-refractivity contribution in [2.75, 3.05) is 33.9 Å². The van der Waals surface area contributed by atoms with Crippen LogP contribution in [0.4, 0.5) is 0 Å². The molecule has 7 heteroatoms. The second kappa shape index (κ2) is 14.2. The molecule has 0 radical (unpaired) electrons. The highest BCUT2D eigenvalue weighted by molar-refractivity contribution is 14.0. The lowest BCUT2D eigenvalue weighted by atomic mass is 10.2. The summed E-state index contributed by atoms with van der Waals surface area (Å²) in [5, 5.41) is 13.5. The first-order valence-corrected chi connectivity index (χ1v) is 9.55. The van der Waals surface area contributed by atoms with Crippen LogP contribution >= 0.6 is 24.0 Å². The van der Waals surface area contributed by atoms with E-state index in [1.165, 1.54) is 0 Å². The van der Waals surface area contributed by atoms with Gasteiger partial charge in [0.1, 0.15) is 5.75 Å². The van der Waals surface area contributed by atoms with Crippen molar-refractivity contribution in [1.82, 2.24) is 10.2 Å². The quantitative estimate of drug-likeness (QED) is 0.290. The fourth-order valence-corrected chi connectivity index (χ4v) is 2.77. The molecule has 0 aliphatic heterocycles. The summed E-state index contributed by atoms with van der Waals surface area (Å²) in [5.41, 5.74) is 2.16. The summed E-state index contributed by atoms with van der Waals surface area (Å²) in [7, 11) is 3.64. The smallest absolute Gasteiger partial charge is 0.194 e. The lowest BCUT2D eigenvalue weighted by Gasteiger charge is -2.23. The van der Waals surface area contributed by atoms with Gasteiger partial charge in [-0.1, -0.05) is 48.5 Å². The van der Waals surface area contributed by atoms with Crippen LogP contribution in [0, 0.1) is 0 Å². The van der Waals surface area contributed by atoms with Gasteiger partial charge in [-0.05, 0) is 18.6 Å². The van der Waals surface area contributed by atoms with Crippen molar-refractivity contribution in [1.29, 1.82) is 0 Å². The molecule has 0 fully saturated rings. The number of rotatable bonds is 10. The molecular formula is C22H32IN3O3. The van der Waals surface area contributed by atoms with Crippen LogP contribution in [0.5, 0.6) is 5.75 Å². The number of guanidine groups is 1. The standard InChI is InChI=1S/C22H31N3O3.HI/c1-4-23-22(25(2)15-19-12-8-9-13-21(19)27-3)24-14-20(26)17-28-16-18-10-6-5-7-11-18;/h5-13,20,26H,4,14-17H2,1-3H3,(H,23,24);1H. The topological polar surface area (TPSA) is 66.3 Å². The van der Waals surface area contributed by atoms with Gasteiger partial charge in [-0.25, -0.2) is 0 Å². The molecule has 0 bridgehead atoms. The first-order chi connectivity index (χ1) is 13.6. The van der Waals surface area contributed by atoms with Crippen molar-refractivity contribution in [3.05, 3.63) is 65.7 Å². The summed E-state index contributed by atoms with van der Waals surface area (Å²) < 4.78 is 11.0. The van der Waals surface area contributed by atoms with Gasteiger partial charge < -0.3 is 24.8 Å². The Morgan fingerprint density at radius 3 is 2.52 bits per heavy atom. The maximum atomic E-state index is 10.2. The third-order valence-electron chi connectivity index (χ3n) is 4.17. The van der Waals surface area contributed by atoms with Gasteiger partial charge in [0.25, 0.3) is 0 Å². The highest BCUT2D eigenvalue weighted by Crippen LogP contribution is 2.18. The number of hydrogen-bond acceptors (Lipinski definition) is 4. The van der Waals surface area contributed by atoms with E-state index in [9.17, 15) is 5.11 Å². The molecule has 6 nitrogen and oxygen atoms in total. The van der Waals surface area contributed by atoms with Crippen LogP contribution in [0.3, 0.4) is 0 Å². The Hall–Kier alpha value is -1.84. The monoisotopic (exact) mass is 513 g/mol. The minimum atomic E-state index is -0.656. The number of nitrogens with one attached hydrogen (secondary N) is 1. The predicted octanol–water partition coefficient (Wildman–Crippen LogP) is 3.29. The number of aliphatic imine (C=N–C) groups is 1. The van der Waals surface area contributed by atoms with Crippen LogP contribution in [-0.2, 0) is 17.9 Å². The van der Waals surface area contributed by atoms with Gasteiger partial charge in [0, 0.05) is 25.7 Å². The average Bonchev–Trinajstić information content (AvgIpc) is 2.72. The number of nitrogens with zero attached hydrogens (tertiary/aromatic N) is 2.